The van der Waals surface area contributed by atoms with Crippen LogP contribution in [0.25, 0.3) is 0 Å². The van der Waals surface area contributed by atoms with Gasteiger partial charge in [-0.15, -0.1) is 0 Å². The predicted molar refractivity (Wildman–Crippen MR) is 109 cm³/mol. The van der Waals surface area contributed by atoms with Crippen LogP contribution >= 0.6 is 0 Å². The van der Waals surface area contributed by atoms with Crippen LogP contribution in [0.15, 0.2) is 30.3 Å². The third-order valence-electron chi connectivity index (χ3n) is 5.13. The number of carbonyl (C=O) groups is 1. The first-order valence-corrected chi connectivity index (χ1v) is 9.81. The molecule has 1 N–H and O–H groups in total. The van der Waals surface area contributed by atoms with Gasteiger partial charge in [0.25, 0.3) is 0 Å². The van der Waals surface area contributed by atoms with Crippen molar-refractivity contribution < 1.29 is 14.3 Å². The second kappa shape index (κ2) is 8.47. The van der Waals surface area contributed by atoms with Gasteiger partial charge in [0.1, 0.15) is 12.4 Å². The summed E-state index contributed by atoms with van der Waals surface area (Å²) in [6, 6.07) is 10.4. The highest BCUT2D eigenvalue weighted by atomic mass is 16.5. The van der Waals surface area contributed by atoms with Crippen molar-refractivity contribution in [3.05, 3.63) is 58.1 Å². The molecule has 0 atom stereocenters. The summed E-state index contributed by atoms with van der Waals surface area (Å²) in [6.07, 6.45) is 2.98. The van der Waals surface area contributed by atoms with E-state index in [-0.39, 0.29) is 0 Å². The Balaban J connectivity index is 1.85. The van der Waals surface area contributed by atoms with Gasteiger partial charge in [-0.05, 0) is 80.3 Å². The van der Waals surface area contributed by atoms with Crippen molar-refractivity contribution in [1.82, 2.24) is 0 Å². The van der Waals surface area contributed by atoms with E-state index in [2.05, 4.69) is 44.3 Å². The van der Waals surface area contributed by atoms with Gasteiger partial charge in [0.15, 0.2) is 0 Å². The Morgan fingerprint density at radius 2 is 1.93 bits per heavy atom. The van der Waals surface area contributed by atoms with Crippen LogP contribution in [0, 0.1) is 13.8 Å². The Hall–Kier alpha value is -2.49. The quantitative estimate of drug-likeness (QED) is 0.663. The summed E-state index contributed by atoms with van der Waals surface area (Å²) >= 11 is 0. The van der Waals surface area contributed by atoms with E-state index in [1.165, 1.54) is 29.5 Å². The fourth-order valence-corrected chi connectivity index (χ4v) is 3.47. The molecule has 1 aliphatic carbocycles. The highest BCUT2D eigenvalue weighted by Crippen LogP contribution is 2.43. The first kappa shape index (κ1) is 19.3. The molecular formula is C23H29NO3. The number of nitrogens with one attached hydrogen (secondary N) is 1. The van der Waals surface area contributed by atoms with E-state index >= 15 is 0 Å². The number of hydrogen-bond donors (Lipinski definition) is 1. The van der Waals surface area contributed by atoms with Crippen LogP contribution in [0.5, 0.6) is 5.75 Å². The van der Waals surface area contributed by atoms with E-state index in [0.29, 0.717) is 19.1 Å². The van der Waals surface area contributed by atoms with E-state index in [4.69, 9.17) is 9.47 Å². The van der Waals surface area contributed by atoms with Gasteiger partial charge in [-0.3, -0.25) is 5.32 Å². The Kier molecular flexibility index (Phi) is 6.04. The normalized spacial score (nSPS) is 13.3. The van der Waals surface area contributed by atoms with Gasteiger partial charge in [-0.2, -0.15) is 0 Å². The number of hydrogen-bond acceptors (Lipinski definition) is 3. The first-order valence-electron chi connectivity index (χ1n) is 9.81. The molecule has 1 saturated carbocycles. The summed E-state index contributed by atoms with van der Waals surface area (Å²) in [5, 5.41) is 2.87. The van der Waals surface area contributed by atoms with Crippen LogP contribution in [-0.2, 0) is 17.8 Å². The van der Waals surface area contributed by atoms with E-state index in [9.17, 15) is 4.79 Å². The lowest BCUT2D eigenvalue weighted by Gasteiger charge is -2.18. The molecule has 27 heavy (non-hydrogen) atoms. The maximum absolute atomic E-state index is 11.9. The molecule has 0 unspecified atom stereocenters. The Labute approximate surface area is 161 Å². The summed E-state index contributed by atoms with van der Waals surface area (Å²) in [5.41, 5.74) is 6.83. The Morgan fingerprint density at radius 1 is 1.15 bits per heavy atom. The Morgan fingerprint density at radius 3 is 2.59 bits per heavy atom. The molecule has 1 fully saturated rings. The zero-order valence-electron chi connectivity index (χ0n) is 16.7. The molecule has 0 aliphatic heterocycles. The van der Waals surface area contributed by atoms with E-state index in [0.717, 1.165) is 29.0 Å². The van der Waals surface area contributed by atoms with Crippen LogP contribution in [0.2, 0.25) is 0 Å². The minimum atomic E-state index is -0.425. The van der Waals surface area contributed by atoms with Crippen molar-refractivity contribution in [1.29, 1.82) is 0 Å². The topological polar surface area (TPSA) is 47.6 Å². The van der Waals surface area contributed by atoms with Gasteiger partial charge in [-0.1, -0.05) is 25.1 Å². The first-order chi connectivity index (χ1) is 13.0. The second-order valence-corrected chi connectivity index (χ2v) is 7.18. The number of amides is 1. The fraction of sp³-hybridized carbons (Fsp3) is 0.435. The van der Waals surface area contributed by atoms with Crippen LogP contribution in [0.4, 0.5) is 10.5 Å². The molecule has 144 valence electrons. The standard InChI is InChI=1S/C23H29NO3/c1-5-17-12-16(4)22(13-15(17)3)27-14-20-19(18-10-11-18)8-7-9-21(20)24-23(25)26-6-2/h7-9,12-13,18H,5-6,10-11,14H2,1-4H3,(H,24,25). The number of anilines is 1. The average Bonchev–Trinajstić information content (AvgIpc) is 3.48. The van der Waals surface area contributed by atoms with Crippen LogP contribution in [-0.4, -0.2) is 12.7 Å². The third-order valence-corrected chi connectivity index (χ3v) is 5.13. The lowest BCUT2D eigenvalue weighted by atomic mass is 10.0. The van der Waals surface area contributed by atoms with E-state index < -0.39 is 6.09 Å². The predicted octanol–water partition coefficient (Wildman–Crippen LogP) is 5.89. The monoisotopic (exact) mass is 367 g/mol. The largest absolute Gasteiger partial charge is 0.489 e. The van der Waals surface area contributed by atoms with Crippen molar-refractivity contribution in [2.75, 3.05) is 11.9 Å². The highest BCUT2D eigenvalue weighted by Gasteiger charge is 2.27. The molecular weight excluding hydrogens is 338 g/mol. The van der Waals surface area contributed by atoms with Crippen LogP contribution in [0.1, 0.15) is 60.4 Å². The van der Waals surface area contributed by atoms with Gasteiger partial charge in [0.05, 0.1) is 12.3 Å². The number of aryl methyl sites for hydroxylation is 3. The zero-order valence-corrected chi connectivity index (χ0v) is 16.7. The zero-order chi connectivity index (χ0) is 19.4. The maximum atomic E-state index is 11.9. The molecule has 4 nitrogen and oxygen atoms in total. The molecule has 1 aliphatic rings. The SMILES string of the molecule is CCOC(=O)Nc1cccc(C2CC2)c1COc1cc(C)c(CC)cc1C. The van der Waals surface area contributed by atoms with E-state index in [1.807, 2.05) is 12.1 Å². The summed E-state index contributed by atoms with van der Waals surface area (Å²) in [4.78, 5) is 11.9. The third kappa shape index (κ3) is 4.62. The molecule has 0 radical (unpaired) electrons. The molecule has 0 heterocycles. The molecule has 4 heteroatoms. The number of carbonyl (C=O) groups excluding carboxylic acids is 1. The summed E-state index contributed by atoms with van der Waals surface area (Å²) in [6.45, 7) is 8.95. The maximum Gasteiger partial charge on any atom is 0.411 e. The molecule has 0 bridgehead atoms. The second-order valence-electron chi connectivity index (χ2n) is 7.18. The minimum Gasteiger partial charge on any atom is -0.489 e. The van der Waals surface area contributed by atoms with Gasteiger partial charge < -0.3 is 9.47 Å². The van der Waals surface area contributed by atoms with E-state index in [1.54, 1.807) is 6.92 Å². The number of rotatable bonds is 7. The summed E-state index contributed by atoms with van der Waals surface area (Å²) in [7, 11) is 0. The molecule has 0 spiro atoms. The summed E-state index contributed by atoms with van der Waals surface area (Å²) in [5.74, 6) is 1.47. The smallest absolute Gasteiger partial charge is 0.411 e. The van der Waals surface area contributed by atoms with Crippen molar-refractivity contribution in [3.63, 3.8) is 0 Å². The number of ether oxygens (including phenoxy) is 2. The lowest BCUT2D eigenvalue weighted by Crippen LogP contribution is -2.16. The van der Waals surface area contributed by atoms with Gasteiger partial charge >= 0.3 is 6.09 Å². The average molecular weight is 367 g/mol. The molecule has 1 amide bonds. The fourth-order valence-electron chi connectivity index (χ4n) is 3.47. The van der Waals surface area contributed by atoms with Crippen molar-refractivity contribution in [2.24, 2.45) is 0 Å². The Bertz CT molecular complexity index is 825. The molecule has 2 aromatic carbocycles. The van der Waals surface area contributed by atoms with Gasteiger partial charge in [0.2, 0.25) is 0 Å². The van der Waals surface area contributed by atoms with Gasteiger partial charge in [0, 0.05) is 5.56 Å². The van der Waals surface area contributed by atoms with Crippen molar-refractivity contribution in [3.8, 4) is 5.75 Å². The molecule has 0 aromatic heterocycles. The lowest BCUT2D eigenvalue weighted by molar-refractivity contribution is 0.168. The molecule has 2 aromatic rings. The van der Waals surface area contributed by atoms with Crippen molar-refractivity contribution in [2.45, 2.75) is 59.5 Å². The van der Waals surface area contributed by atoms with Crippen LogP contribution in [0.3, 0.4) is 0 Å². The van der Waals surface area contributed by atoms with Gasteiger partial charge in [-0.25, -0.2) is 4.79 Å². The molecule has 3 rings (SSSR count). The highest BCUT2D eigenvalue weighted by molar-refractivity contribution is 5.86. The molecule has 0 saturated heterocycles. The summed E-state index contributed by atoms with van der Waals surface area (Å²) < 4.78 is 11.3. The van der Waals surface area contributed by atoms with Crippen molar-refractivity contribution >= 4 is 11.8 Å². The number of benzene rings is 2. The minimum absolute atomic E-state index is 0.349. The van der Waals surface area contributed by atoms with Crippen LogP contribution < -0.4 is 10.1 Å².